The summed E-state index contributed by atoms with van der Waals surface area (Å²) in [6.45, 7) is 6.70. The van der Waals surface area contributed by atoms with Gasteiger partial charge >= 0.3 is 0 Å². The molecule has 0 radical (unpaired) electrons. The van der Waals surface area contributed by atoms with Gasteiger partial charge in [0, 0.05) is 5.92 Å². The van der Waals surface area contributed by atoms with Gasteiger partial charge in [0.05, 0.1) is 6.10 Å². The number of Topliss-reactive ketones (excluding diaryl/α,β-unsaturated/α-hetero) is 1. The third-order valence-electron chi connectivity index (χ3n) is 9.08. The van der Waals surface area contributed by atoms with Gasteiger partial charge in [0.2, 0.25) is 0 Å². The fourth-order valence-electron chi connectivity index (χ4n) is 8.02. The second-order valence-corrected chi connectivity index (χ2v) is 9.82. The van der Waals surface area contributed by atoms with Crippen LogP contribution in [0.25, 0.3) is 0 Å². The predicted octanol–water partition coefficient (Wildman–Crippen LogP) is 4.60. The summed E-state index contributed by atoms with van der Waals surface area (Å²) in [6, 6.07) is 0. The minimum Gasteiger partial charge on any atom is -0.393 e. The number of fused-ring (bicyclic) bond motifs is 5. The molecule has 0 aromatic rings. The van der Waals surface area contributed by atoms with Crippen LogP contribution >= 0.6 is 0 Å². The lowest BCUT2D eigenvalue weighted by atomic mass is 9.44. The number of aliphatic hydroxyl groups is 1. The summed E-state index contributed by atoms with van der Waals surface area (Å²) in [7, 11) is 0. The number of aliphatic hydroxyl groups excluding tert-OH is 1. The quantitative estimate of drug-likeness (QED) is 0.767. The summed E-state index contributed by atoms with van der Waals surface area (Å²) in [6.07, 6.45) is 11.0. The van der Waals surface area contributed by atoms with Crippen molar-refractivity contribution in [2.45, 2.75) is 84.7 Å². The molecule has 2 heteroatoms. The van der Waals surface area contributed by atoms with E-state index in [0.717, 1.165) is 18.8 Å². The van der Waals surface area contributed by atoms with E-state index in [1.165, 1.54) is 44.9 Å². The highest BCUT2D eigenvalue weighted by atomic mass is 16.3. The zero-order chi connectivity index (χ0) is 16.4. The van der Waals surface area contributed by atoms with Crippen molar-refractivity contribution >= 4 is 5.78 Å². The van der Waals surface area contributed by atoms with Gasteiger partial charge < -0.3 is 5.11 Å². The highest BCUT2D eigenvalue weighted by Gasteiger charge is 2.61. The second-order valence-electron chi connectivity index (χ2n) is 9.82. The van der Waals surface area contributed by atoms with Crippen LogP contribution in [0.3, 0.4) is 0 Å². The van der Waals surface area contributed by atoms with Crippen LogP contribution in [-0.2, 0) is 4.79 Å². The van der Waals surface area contributed by atoms with E-state index in [9.17, 15) is 9.90 Å². The number of ketones is 1. The topological polar surface area (TPSA) is 37.3 Å². The van der Waals surface area contributed by atoms with Crippen molar-refractivity contribution in [3.8, 4) is 0 Å². The third kappa shape index (κ3) is 2.12. The van der Waals surface area contributed by atoms with E-state index in [4.69, 9.17) is 0 Å². The standard InChI is InChI=1S/C21H34O2/c1-13(22)15-7-8-16-14-12-19(23)18-6-4-5-10-20(18,2)17(14)9-11-21(15,16)3/h14-19,23H,4-12H2,1-3H3/t14-,15+,16-,17-,18-,19+,20-,21-/m1/s1. The van der Waals surface area contributed by atoms with E-state index >= 15 is 0 Å². The lowest BCUT2D eigenvalue weighted by Crippen LogP contribution is -2.57. The lowest BCUT2D eigenvalue weighted by Gasteiger charge is -2.61. The summed E-state index contributed by atoms with van der Waals surface area (Å²) in [4.78, 5) is 12.2. The number of rotatable bonds is 1. The minimum atomic E-state index is -0.0970. The molecule has 0 unspecified atom stereocenters. The van der Waals surface area contributed by atoms with Crippen LogP contribution in [0.1, 0.15) is 78.6 Å². The Balaban J connectivity index is 1.67. The first-order valence-corrected chi connectivity index (χ1v) is 10.1. The first kappa shape index (κ1) is 16.1. The Morgan fingerprint density at radius 1 is 0.913 bits per heavy atom. The molecule has 0 aromatic carbocycles. The maximum Gasteiger partial charge on any atom is 0.133 e. The highest BCUT2D eigenvalue weighted by molar-refractivity contribution is 5.79. The van der Waals surface area contributed by atoms with Gasteiger partial charge in [-0.05, 0) is 86.4 Å². The Bertz CT molecular complexity index is 500. The van der Waals surface area contributed by atoms with Gasteiger partial charge in [-0.15, -0.1) is 0 Å². The van der Waals surface area contributed by atoms with Crippen molar-refractivity contribution in [1.29, 1.82) is 0 Å². The first-order chi connectivity index (χ1) is 10.9. The molecule has 1 N–H and O–H groups in total. The van der Waals surface area contributed by atoms with Crippen molar-refractivity contribution < 1.29 is 9.90 Å². The average Bonchev–Trinajstić information content (AvgIpc) is 2.85. The second kappa shape index (κ2) is 5.31. The minimum absolute atomic E-state index is 0.0970. The van der Waals surface area contributed by atoms with Gasteiger partial charge in [0.25, 0.3) is 0 Å². The van der Waals surface area contributed by atoms with Crippen LogP contribution in [0.2, 0.25) is 0 Å². The monoisotopic (exact) mass is 318 g/mol. The van der Waals surface area contributed by atoms with Gasteiger partial charge in [-0.3, -0.25) is 4.79 Å². The average molecular weight is 319 g/mol. The van der Waals surface area contributed by atoms with E-state index in [0.29, 0.717) is 29.0 Å². The van der Waals surface area contributed by atoms with Gasteiger partial charge in [-0.1, -0.05) is 26.7 Å². The molecule has 0 aliphatic heterocycles. The maximum atomic E-state index is 12.2. The molecule has 0 spiro atoms. The van der Waals surface area contributed by atoms with Gasteiger partial charge in [0.1, 0.15) is 5.78 Å². The maximum absolute atomic E-state index is 12.2. The van der Waals surface area contributed by atoms with E-state index in [1.807, 2.05) is 0 Å². The molecule has 8 atom stereocenters. The summed E-state index contributed by atoms with van der Waals surface area (Å²) >= 11 is 0. The molecule has 0 amide bonds. The van der Waals surface area contributed by atoms with E-state index in [1.54, 1.807) is 6.92 Å². The number of hydrogen-bond acceptors (Lipinski definition) is 2. The molecule has 0 bridgehead atoms. The molecule has 130 valence electrons. The predicted molar refractivity (Wildman–Crippen MR) is 91.9 cm³/mol. The van der Waals surface area contributed by atoms with Crippen LogP contribution in [0.4, 0.5) is 0 Å². The SMILES string of the molecule is CC(=O)[C@@H]1CC[C@@H]2[C@H]3C[C@H](O)[C@H]4CCCC[C@]4(C)[C@@H]3CC[C@@]21C. The van der Waals surface area contributed by atoms with Crippen LogP contribution in [0.15, 0.2) is 0 Å². The fourth-order valence-corrected chi connectivity index (χ4v) is 8.02. The van der Waals surface area contributed by atoms with Crippen LogP contribution in [0.5, 0.6) is 0 Å². The largest absolute Gasteiger partial charge is 0.393 e. The highest BCUT2D eigenvalue weighted by Crippen LogP contribution is 2.67. The molecule has 4 aliphatic rings. The summed E-state index contributed by atoms with van der Waals surface area (Å²) in [5, 5.41) is 10.9. The zero-order valence-electron chi connectivity index (χ0n) is 15.2. The first-order valence-electron chi connectivity index (χ1n) is 10.1. The molecule has 4 saturated carbocycles. The molecular formula is C21H34O2. The Morgan fingerprint density at radius 3 is 2.39 bits per heavy atom. The summed E-state index contributed by atoms with van der Waals surface area (Å²) < 4.78 is 0. The molecule has 0 saturated heterocycles. The van der Waals surface area contributed by atoms with Crippen LogP contribution in [0, 0.1) is 40.4 Å². The number of hydrogen-bond donors (Lipinski definition) is 1. The summed E-state index contributed by atoms with van der Waals surface area (Å²) in [5.41, 5.74) is 0.570. The van der Waals surface area contributed by atoms with Gasteiger partial charge in [-0.2, -0.15) is 0 Å². The molecule has 2 nitrogen and oxygen atoms in total. The van der Waals surface area contributed by atoms with Gasteiger partial charge in [0.15, 0.2) is 0 Å². The Hall–Kier alpha value is -0.370. The van der Waals surface area contributed by atoms with Crippen LogP contribution < -0.4 is 0 Å². The number of carbonyl (C=O) groups excluding carboxylic acids is 1. The van der Waals surface area contributed by atoms with Crippen molar-refractivity contribution in [3.05, 3.63) is 0 Å². The van der Waals surface area contributed by atoms with Crippen molar-refractivity contribution in [2.75, 3.05) is 0 Å². The molecule has 0 aromatic heterocycles. The molecule has 4 aliphatic carbocycles. The Kier molecular flexibility index (Phi) is 3.72. The van der Waals surface area contributed by atoms with Crippen molar-refractivity contribution in [1.82, 2.24) is 0 Å². The van der Waals surface area contributed by atoms with Crippen molar-refractivity contribution in [3.63, 3.8) is 0 Å². The molecular weight excluding hydrogens is 284 g/mol. The zero-order valence-corrected chi connectivity index (χ0v) is 15.2. The van der Waals surface area contributed by atoms with E-state index in [-0.39, 0.29) is 17.4 Å². The molecule has 4 rings (SSSR count). The molecule has 0 heterocycles. The van der Waals surface area contributed by atoms with E-state index in [2.05, 4.69) is 13.8 Å². The fraction of sp³-hybridized carbons (Fsp3) is 0.952. The Labute approximate surface area is 141 Å². The smallest absolute Gasteiger partial charge is 0.133 e. The van der Waals surface area contributed by atoms with Crippen molar-refractivity contribution in [2.24, 2.45) is 40.4 Å². The summed E-state index contributed by atoms with van der Waals surface area (Å²) in [5.74, 6) is 3.35. The normalized spacial score (nSPS) is 55.7. The molecule has 4 fully saturated rings. The van der Waals surface area contributed by atoms with E-state index < -0.39 is 0 Å². The molecule has 23 heavy (non-hydrogen) atoms. The van der Waals surface area contributed by atoms with Crippen LogP contribution in [-0.4, -0.2) is 17.0 Å². The Morgan fingerprint density at radius 2 is 1.65 bits per heavy atom. The lowest BCUT2D eigenvalue weighted by molar-refractivity contribution is -0.159. The van der Waals surface area contributed by atoms with Gasteiger partial charge in [-0.25, -0.2) is 0 Å². The third-order valence-corrected chi connectivity index (χ3v) is 9.08. The number of carbonyl (C=O) groups is 1.